The molecule has 0 rings (SSSR count). The fraction of sp³-hybridized carbons (Fsp3) is 0.765. The van der Waals surface area contributed by atoms with Crippen LogP contribution in [-0.4, -0.2) is 95.9 Å². The van der Waals surface area contributed by atoms with E-state index in [2.05, 4.69) is 118 Å². The van der Waals surface area contributed by atoms with Crippen LogP contribution in [0, 0.1) is 0 Å². The number of carbonyl (C=O) groups excluding carboxylic acids is 3. The fourth-order valence-corrected chi connectivity index (χ4v) is 12.3. The number of hydrogen-bond donors (Lipinski definition) is 4. The minimum atomic E-state index is -4.93. The normalized spacial score (nSPS) is 14.5. The molecule has 0 amide bonds. The van der Waals surface area contributed by atoms with E-state index in [1.165, 1.54) is 141 Å². The van der Waals surface area contributed by atoms with Gasteiger partial charge in [0, 0.05) is 19.3 Å². The largest absolute Gasteiger partial charge is 0.472 e. The molecule has 0 radical (unpaired) electrons. The molecule has 5 atom stereocenters. The van der Waals surface area contributed by atoms with Gasteiger partial charge in [-0.3, -0.25) is 32.5 Å². The highest BCUT2D eigenvalue weighted by molar-refractivity contribution is 7.47. The summed E-state index contributed by atoms with van der Waals surface area (Å²) >= 11 is 0. The zero-order valence-corrected chi connectivity index (χ0v) is 64.4. The Hall–Kier alpha value is -3.53. The molecule has 0 aliphatic carbocycles. The van der Waals surface area contributed by atoms with Crippen LogP contribution in [0.1, 0.15) is 342 Å². The SMILES string of the molecule is CC/C=C\C/C=C\C/C=C\C/C=C\C/C=C\CCCCCCCCCCCCCCCCCCCCCC(=O)OCC(O)COP(=O)(O)OCC(O)COP(=O)(O)OCC(COC(=O)CCCCCCC/C=C\CCCCCCCC)OC(=O)CCCCCCC/C=C\C/C=C\CCC. The average molecular weight is 1440 g/mol. The van der Waals surface area contributed by atoms with Gasteiger partial charge in [0.2, 0.25) is 0 Å². The van der Waals surface area contributed by atoms with Crippen LogP contribution < -0.4 is 0 Å². The van der Waals surface area contributed by atoms with E-state index in [0.717, 1.165) is 141 Å². The van der Waals surface area contributed by atoms with Crippen LogP contribution in [0.25, 0.3) is 0 Å². The van der Waals surface area contributed by atoms with Gasteiger partial charge in [-0.2, -0.15) is 0 Å². The maximum atomic E-state index is 12.9. The second-order valence-corrected chi connectivity index (χ2v) is 29.4. The fourth-order valence-electron chi connectivity index (χ4n) is 10.7. The first-order chi connectivity index (χ1) is 48.2. The van der Waals surface area contributed by atoms with Crippen molar-refractivity contribution in [1.82, 2.24) is 0 Å². The van der Waals surface area contributed by atoms with Crippen molar-refractivity contribution < 1.29 is 75.8 Å². The number of phosphoric acid groups is 2. The molecular weight excluding hydrogens is 1290 g/mol. The number of ether oxygens (including phenoxy) is 3. The summed E-state index contributed by atoms with van der Waals surface area (Å²) in [5, 5.41) is 20.6. The first-order valence-corrected chi connectivity index (χ1v) is 42.5. The number of unbranched alkanes of at least 4 members (excludes halogenated alkanes) is 36. The van der Waals surface area contributed by atoms with Crippen LogP contribution in [-0.2, 0) is 55.8 Å². The molecular formula is C81H144O16P2. The van der Waals surface area contributed by atoms with Gasteiger partial charge in [0.15, 0.2) is 6.10 Å². The minimum absolute atomic E-state index is 0.0885. The zero-order chi connectivity index (χ0) is 72.3. The van der Waals surface area contributed by atoms with Crippen LogP contribution in [0.5, 0.6) is 0 Å². The second-order valence-electron chi connectivity index (χ2n) is 26.5. The Balaban J connectivity index is 4.31. The Morgan fingerprint density at radius 2 is 0.556 bits per heavy atom. The summed E-state index contributed by atoms with van der Waals surface area (Å²) < 4.78 is 61.0. The summed E-state index contributed by atoms with van der Waals surface area (Å²) in [7, 11) is -9.78. The highest BCUT2D eigenvalue weighted by Crippen LogP contribution is 2.45. The van der Waals surface area contributed by atoms with Crippen LogP contribution in [0.4, 0.5) is 0 Å². The topological polar surface area (TPSA) is 231 Å². The van der Waals surface area contributed by atoms with Gasteiger partial charge in [0.1, 0.15) is 25.4 Å². The minimum Gasteiger partial charge on any atom is -0.463 e. The van der Waals surface area contributed by atoms with Gasteiger partial charge >= 0.3 is 33.6 Å². The summed E-state index contributed by atoms with van der Waals surface area (Å²) in [5.74, 6) is -1.59. The van der Waals surface area contributed by atoms with E-state index in [1.54, 1.807) is 0 Å². The number of aliphatic hydroxyl groups excluding tert-OH is 2. The zero-order valence-electron chi connectivity index (χ0n) is 62.6. The molecule has 0 aromatic carbocycles. The molecule has 0 aromatic rings. The molecule has 0 heterocycles. The first-order valence-electron chi connectivity index (χ1n) is 39.5. The Bertz CT molecular complexity index is 2190. The molecule has 0 aliphatic rings. The summed E-state index contributed by atoms with van der Waals surface area (Å²) in [6, 6.07) is 0. The highest BCUT2D eigenvalue weighted by Gasteiger charge is 2.29. The quantitative estimate of drug-likeness (QED) is 0.0146. The molecule has 0 fully saturated rings. The van der Waals surface area contributed by atoms with Crippen molar-refractivity contribution in [2.24, 2.45) is 0 Å². The van der Waals surface area contributed by atoms with E-state index in [4.69, 9.17) is 32.3 Å². The van der Waals surface area contributed by atoms with Gasteiger partial charge in [-0.15, -0.1) is 0 Å². The molecule has 0 aliphatic heterocycles. The van der Waals surface area contributed by atoms with E-state index in [9.17, 15) is 43.5 Å². The van der Waals surface area contributed by atoms with Crippen LogP contribution in [0.2, 0.25) is 0 Å². The summed E-state index contributed by atoms with van der Waals surface area (Å²) in [6.07, 6.45) is 84.9. The Labute approximate surface area is 603 Å². The number of allylic oxidation sites excluding steroid dienone is 16. The van der Waals surface area contributed by atoms with Gasteiger partial charge < -0.3 is 34.2 Å². The van der Waals surface area contributed by atoms with E-state index in [1.807, 2.05) is 0 Å². The number of esters is 3. The second kappa shape index (κ2) is 74.2. The Kier molecular flexibility index (Phi) is 71.6. The van der Waals surface area contributed by atoms with Crippen LogP contribution >= 0.6 is 15.6 Å². The third-order valence-electron chi connectivity index (χ3n) is 16.7. The third kappa shape index (κ3) is 75.5. The summed E-state index contributed by atoms with van der Waals surface area (Å²) in [5.41, 5.74) is 0. The molecule has 4 N–H and O–H groups in total. The third-order valence-corrected chi connectivity index (χ3v) is 18.6. The monoisotopic (exact) mass is 1430 g/mol. The van der Waals surface area contributed by atoms with Crippen molar-refractivity contribution in [2.45, 2.75) is 360 Å². The molecule has 0 saturated carbocycles. The van der Waals surface area contributed by atoms with Crippen molar-refractivity contribution in [3.05, 3.63) is 97.2 Å². The van der Waals surface area contributed by atoms with Crippen molar-refractivity contribution in [3.63, 3.8) is 0 Å². The summed E-state index contributed by atoms with van der Waals surface area (Å²) in [4.78, 5) is 58.5. The lowest BCUT2D eigenvalue weighted by atomic mass is 10.0. The lowest BCUT2D eigenvalue weighted by Gasteiger charge is -2.21. The molecule has 16 nitrogen and oxygen atoms in total. The van der Waals surface area contributed by atoms with Gasteiger partial charge in [-0.1, -0.05) is 304 Å². The van der Waals surface area contributed by atoms with Crippen molar-refractivity contribution in [2.75, 3.05) is 39.6 Å². The maximum Gasteiger partial charge on any atom is 0.472 e. The number of hydrogen-bond acceptors (Lipinski definition) is 14. The van der Waals surface area contributed by atoms with Gasteiger partial charge in [0.05, 0.1) is 26.4 Å². The Morgan fingerprint density at radius 1 is 0.293 bits per heavy atom. The van der Waals surface area contributed by atoms with E-state index < -0.39 is 91.5 Å². The number of aliphatic hydroxyl groups is 2. The molecule has 574 valence electrons. The molecule has 0 aromatic heterocycles. The van der Waals surface area contributed by atoms with E-state index in [0.29, 0.717) is 19.3 Å². The van der Waals surface area contributed by atoms with E-state index >= 15 is 0 Å². The van der Waals surface area contributed by atoms with Crippen molar-refractivity contribution >= 4 is 33.6 Å². The van der Waals surface area contributed by atoms with Gasteiger partial charge in [0.25, 0.3) is 0 Å². The first kappa shape index (κ1) is 95.5. The number of rotatable bonds is 75. The lowest BCUT2D eigenvalue weighted by molar-refractivity contribution is -0.161. The standard InChI is InChI=1S/C81H144O16P2/c1-4-7-10-13-16-19-22-25-27-28-29-30-31-32-33-34-35-36-37-38-39-40-41-42-43-44-45-46-48-51-52-55-58-61-64-67-79(84)91-70-76(82)71-93-98(87,88)94-72-77(83)73-95-99(89,90)96-75-78(97-81(86)69-66-63-60-57-54-49-24-21-18-15-12-9-6-3)74-92-80(85)68-65-62-59-56-53-50-47-26-23-20-17-14-11-8-5-2/h7,10,12,15-16,19,21,24-27,29-30,32-33,47,76-78,82-83H,4-6,8-9,11,13-14,17-18,20,22-23,28,31,34-46,48-75H2,1-3H3,(H,87,88)(H,89,90)/b10-7-,15-12-,19-16-,24-21-,27-25-,30-29-,33-32-,47-26-. The molecule has 0 spiro atoms. The molecule has 0 saturated heterocycles. The Morgan fingerprint density at radius 3 is 0.899 bits per heavy atom. The predicted octanol–water partition coefficient (Wildman–Crippen LogP) is 23.0. The maximum absolute atomic E-state index is 12.9. The van der Waals surface area contributed by atoms with Crippen LogP contribution in [0.15, 0.2) is 97.2 Å². The van der Waals surface area contributed by atoms with Crippen molar-refractivity contribution in [3.8, 4) is 0 Å². The molecule has 18 heteroatoms. The number of carbonyl (C=O) groups is 3. The van der Waals surface area contributed by atoms with E-state index in [-0.39, 0.29) is 19.3 Å². The average Bonchev–Trinajstić information content (AvgIpc) is 1.09. The van der Waals surface area contributed by atoms with Gasteiger partial charge in [-0.25, -0.2) is 9.13 Å². The lowest BCUT2D eigenvalue weighted by Crippen LogP contribution is -2.30. The highest BCUT2D eigenvalue weighted by atomic mass is 31.2. The van der Waals surface area contributed by atoms with Gasteiger partial charge in [-0.05, 0) is 116 Å². The predicted molar refractivity (Wildman–Crippen MR) is 408 cm³/mol. The molecule has 5 unspecified atom stereocenters. The van der Waals surface area contributed by atoms with Crippen molar-refractivity contribution in [1.29, 1.82) is 0 Å². The number of phosphoric ester groups is 2. The molecule has 99 heavy (non-hydrogen) atoms. The molecule has 0 bridgehead atoms. The van der Waals surface area contributed by atoms with Crippen LogP contribution in [0.3, 0.4) is 0 Å². The summed E-state index contributed by atoms with van der Waals surface area (Å²) in [6.45, 7) is 2.50. The smallest absolute Gasteiger partial charge is 0.463 e.